The molecule has 0 unspecified atom stereocenters. The third-order valence-corrected chi connectivity index (χ3v) is 6.87. The molecule has 1 heterocycles. The Morgan fingerprint density at radius 1 is 0.968 bits per heavy atom. The maximum absolute atomic E-state index is 12.8. The molecule has 1 saturated heterocycles. The molecule has 0 aliphatic carbocycles. The second-order valence-electron chi connectivity index (χ2n) is 6.55. The van der Waals surface area contributed by atoms with Crippen molar-refractivity contribution < 1.29 is 14.3 Å². The van der Waals surface area contributed by atoms with Crippen molar-refractivity contribution in [2.45, 2.75) is 6.61 Å². The van der Waals surface area contributed by atoms with Gasteiger partial charge in [0.15, 0.2) is 0 Å². The van der Waals surface area contributed by atoms with Crippen LogP contribution in [0.25, 0.3) is 6.08 Å². The molecule has 1 fully saturated rings. The minimum atomic E-state index is -0.340. The van der Waals surface area contributed by atoms with Gasteiger partial charge in [0.05, 0.1) is 19.5 Å². The summed E-state index contributed by atoms with van der Waals surface area (Å²) in [5.41, 5.74) is 2.18. The van der Waals surface area contributed by atoms with Crippen LogP contribution in [0.1, 0.15) is 11.1 Å². The van der Waals surface area contributed by atoms with Gasteiger partial charge in [0.2, 0.25) is 0 Å². The molecule has 2 amide bonds. The van der Waals surface area contributed by atoms with E-state index in [2.05, 4.69) is 31.9 Å². The largest absolute Gasteiger partial charge is 0.486 e. The Morgan fingerprint density at radius 2 is 1.61 bits per heavy atom. The van der Waals surface area contributed by atoms with Crippen LogP contribution < -0.4 is 9.64 Å². The van der Waals surface area contributed by atoms with Crippen LogP contribution >= 0.6 is 55.2 Å². The molecule has 156 valence electrons. The van der Waals surface area contributed by atoms with Crippen molar-refractivity contribution in [2.24, 2.45) is 0 Å². The molecule has 3 aromatic rings. The van der Waals surface area contributed by atoms with Crippen molar-refractivity contribution in [1.29, 1.82) is 0 Å². The number of imide groups is 1. The number of para-hydroxylation sites is 1. The number of ether oxygens (including phenoxy) is 1. The lowest BCUT2D eigenvalue weighted by Gasteiger charge is -2.13. The van der Waals surface area contributed by atoms with Crippen LogP contribution in [0.2, 0.25) is 5.02 Å². The molecule has 3 aromatic carbocycles. The van der Waals surface area contributed by atoms with Crippen LogP contribution in [0.15, 0.2) is 80.6 Å². The molecular weight excluding hydrogens is 566 g/mol. The fraction of sp³-hybridized carbons (Fsp3) is 0.0435. The summed E-state index contributed by atoms with van der Waals surface area (Å²) in [6.07, 6.45) is 1.70. The highest BCUT2D eigenvalue weighted by molar-refractivity contribution is 9.11. The second kappa shape index (κ2) is 9.61. The SMILES string of the molecule is O=C1S/C(=C\c2cc(Br)c(OCc3ccccc3Cl)c(Br)c2)C(=O)N1c1ccccc1. The van der Waals surface area contributed by atoms with Crippen molar-refractivity contribution in [2.75, 3.05) is 4.90 Å². The molecule has 0 aromatic heterocycles. The first-order chi connectivity index (χ1) is 14.9. The van der Waals surface area contributed by atoms with Crippen molar-refractivity contribution in [3.8, 4) is 5.75 Å². The number of benzene rings is 3. The Balaban J connectivity index is 1.56. The van der Waals surface area contributed by atoms with E-state index in [4.69, 9.17) is 16.3 Å². The van der Waals surface area contributed by atoms with Gasteiger partial charge in [-0.25, -0.2) is 4.90 Å². The van der Waals surface area contributed by atoms with Gasteiger partial charge in [-0.15, -0.1) is 0 Å². The maximum Gasteiger partial charge on any atom is 0.298 e. The first kappa shape index (κ1) is 22.1. The van der Waals surface area contributed by atoms with Crippen LogP contribution in [-0.2, 0) is 11.4 Å². The van der Waals surface area contributed by atoms with Crippen LogP contribution in [0.4, 0.5) is 10.5 Å². The van der Waals surface area contributed by atoms with Gasteiger partial charge in [-0.3, -0.25) is 9.59 Å². The van der Waals surface area contributed by atoms with Gasteiger partial charge >= 0.3 is 0 Å². The van der Waals surface area contributed by atoms with Crippen molar-refractivity contribution in [3.05, 3.63) is 96.7 Å². The minimum absolute atomic E-state index is 0.312. The van der Waals surface area contributed by atoms with Crippen LogP contribution in [0, 0.1) is 0 Å². The zero-order valence-electron chi connectivity index (χ0n) is 15.8. The zero-order valence-corrected chi connectivity index (χ0v) is 20.6. The lowest BCUT2D eigenvalue weighted by molar-refractivity contribution is -0.113. The van der Waals surface area contributed by atoms with Gasteiger partial charge < -0.3 is 4.74 Å². The number of thioether (sulfide) groups is 1. The lowest BCUT2D eigenvalue weighted by atomic mass is 10.2. The zero-order chi connectivity index (χ0) is 22.0. The van der Waals surface area contributed by atoms with Crippen LogP contribution in [0.5, 0.6) is 5.75 Å². The maximum atomic E-state index is 12.8. The molecular formula is C23H14Br2ClNO3S. The number of nitrogens with zero attached hydrogens (tertiary/aromatic N) is 1. The summed E-state index contributed by atoms with van der Waals surface area (Å²) in [6, 6.07) is 20.0. The molecule has 1 aliphatic rings. The first-order valence-electron chi connectivity index (χ1n) is 9.12. The van der Waals surface area contributed by atoms with Crippen molar-refractivity contribution in [1.82, 2.24) is 0 Å². The molecule has 4 rings (SSSR count). The van der Waals surface area contributed by atoms with Crippen molar-refractivity contribution in [3.63, 3.8) is 0 Å². The Morgan fingerprint density at radius 3 is 2.29 bits per heavy atom. The first-order valence-corrected chi connectivity index (χ1v) is 11.9. The Kier molecular flexibility index (Phi) is 6.86. The van der Waals surface area contributed by atoms with E-state index >= 15 is 0 Å². The summed E-state index contributed by atoms with van der Waals surface area (Å²) in [4.78, 5) is 26.7. The van der Waals surface area contributed by atoms with E-state index in [9.17, 15) is 9.59 Å². The van der Waals surface area contributed by atoms with Crippen LogP contribution in [0.3, 0.4) is 0 Å². The van der Waals surface area contributed by atoms with E-state index < -0.39 is 0 Å². The summed E-state index contributed by atoms with van der Waals surface area (Å²) in [5, 5.41) is 0.320. The standard InChI is InChI=1S/C23H14Br2ClNO3S/c24-17-10-14(11-18(25)21(17)30-13-15-6-4-5-9-19(15)26)12-20-22(28)27(23(29)31-20)16-7-2-1-3-8-16/h1-12H,13H2/b20-12-. The molecule has 4 nitrogen and oxygen atoms in total. The molecule has 0 N–H and O–H groups in total. The third kappa shape index (κ3) is 4.90. The highest BCUT2D eigenvalue weighted by Crippen LogP contribution is 2.39. The van der Waals surface area contributed by atoms with Crippen LogP contribution in [-0.4, -0.2) is 11.1 Å². The van der Waals surface area contributed by atoms with E-state index in [0.29, 0.717) is 36.9 Å². The summed E-state index contributed by atoms with van der Waals surface area (Å²) in [5.74, 6) is 0.280. The molecule has 0 radical (unpaired) electrons. The molecule has 0 saturated carbocycles. The molecule has 31 heavy (non-hydrogen) atoms. The lowest BCUT2D eigenvalue weighted by Crippen LogP contribution is -2.27. The van der Waals surface area contributed by atoms with E-state index in [1.54, 1.807) is 30.3 Å². The minimum Gasteiger partial charge on any atom is -0.486 e. The monoisotopic (exact) mass is 577 g/mol. The van der Waals surface area contributed by atoms with E-state index in [1.807, 2.05) is 42.5 Å². The number of hydrogen-bond acceptors (Lipinski definition) is 4. The Bertz CT molecular complexity index is 1180. The van der Waals surface area contributed by atoms with Gasteiger partial charge in [-0.05, 0) is 85.6 Å². The fourth-order valence-corrected chi connectivity index (χ4v) is 5.47. The number of halogens is 3. The van der Waals surface area contributed by atoms with E-state index in [-0.39, 0.29) is 11.1 Å². The van der Waals surface area contributed by atoms with Gasteiger partial charge in [0.1, 0.15) is 12.4 Å². The normalized spacial score (nSPS) is 15.1. The van der Waals surface area contributed by atoms with E-state index in [1.165, 1.54) is 4.90 Å². The molecule has 8 heteroatoms. The van der Waals surface area contributed by atoms with Crippen molar-refractivity contribution >= 4 is 78.1 Å². The summed E-state index contributed by atoms with van der Waals surface area (Å²) < 4.78 is 7.36. The smallest absolute Gasteiger partial charge is 0.298 e. The number of hydrogen-bond donors (Lipinski definition) is 0. The predicted octanol–water partition coefficient (Wildman–Crippen LogP) is 7.68. The Labute approximate surface area is 205 Å². The summed E-state index contributed by atoms with van der Waals surface area (Å²) >= 11 is 14.2. The number of anilines is 1. The highest BCUT2D eigenvalue weighted by Gasteiger charge is 2.36. The molecule has 0 spiro atoms. The molecule has 0 atom stereocenters. The quantitative estimate of drug-likeness (QED) is 0.291. The van der Waals surface area contributed by atoms with Gasteiger partial charge in [-0.1, -0.05) is 48.0 Å². The van der Waals surface area contributed by atoms with Gasteiger partial charge in [0.25, 0.3) is 11.1 Å². The molecule has 1 aliphatic heterocycles. The average molecular weight is 580 g/mol. The topological polar surface area (TPSA) is 46.6 Å². The van der Waals surface area contributed by atoms with Gasteiger partial charge in [-0.2, -0.15) is 0 Å². The third-order valence-electron chi connectivity index (χ3n) is 4.46. The average Bonchev–Trinajstić information content (AvgIpc) is 3.02. The highest BCUT2D eigenvalue weighted by atomic mass is 79.9. The summed E-state index contributed by atoms with van der Waals surface area (Å²) in [7, 11) is 0. The fourth-order valence-electron chi connectivity index (χ4n) is 2.98. The number of carbonyl (C=O) groups excluding carboxylic acids is 2. The Hall–Kier alpha value is -2.06. The summed E-state index contributed by atoms with van der Waals surface area (Å²) in [6.45, 7) is 0.312. The van der Waals surface area contributed by atoms with Gasteiger partial charge in [0, 0.05) is 10.6 Å². The number of amides is 2. The molecule has 0 bridgehead atoms. The predicted molar refractivity (Wildman–Crippen MR) is 133 cm³/mol. The number of rotatable bonds is 5. The second-order valence-corrected chi connectivity index (χ2v) is 9.66. The van der Waals surface area contributed by atoms with E-state index in [0.717, 1.165) is 22.9 Å². The number of carbonyl (C=O) groups is 2.